The lowest BCUT2D eigenvalue weighted by molar-refractivity contribution is -0.161. The summed E-state index contributed by atoms with van der Waals surface area (Å²) in [7, 11) is 0. The number of aliphatic carboxylic acids is 2. The molecule has 7 nitrogen and oxygen atoms in total. The summed E-state index contributed by atoms with van der Waals surface area (Å²) in [6.45, 7) is 1.01. The molecule has 118 valence electrons. The van der Waals surface area contributed by atoms with E-state index in [0.29, 0.717) is 5.56 Å². The van der Waals surface area contributed by atoms with Crippen LogP contribution >= 0.6 is 15.9 Å². The first-order chi connectivity index (χ1) is 10.2. The van der Waals surface area contributed by atoms with Gasteiger partial charge in [-0.3, -0.25) is 9.59 Å². The zero-order valence-corrected chi connectivity index (χ0v) is 13.2. The van der Waals surface area contributed by atoms with Crippen LogP contribution in [0, 0.1) is 0 Å². The summed E-state index contributed by atoms with van der Waals surface area (Å²) in [5, 5.41) is 20.2. The van der Waals surface area contributed by atoms with E-state index in [0.717, 1.165) is 11.4 Å². The van der Waals surface area contributed by atoms with E-state index in [1.165, 1.54) is 12.1 Å². The molecule has 8 heteroatoms. The van der Waals surface area contributed by atoms with Gasteiger partial charge in [-0.15, -0.1) is 0 Å². The van der Waals surface area contributed by atoms with Gasteiger partial charge in [-0.05, 0) is 18.6 Å². The fraction of sp³-hybridized carbons (Fsp3) is 0.286. The Labute approximate surface area is 134 Å². The number of carboxylic acids is 2. The Hall–Kier alpha value is -2.22. The van der Waals surface area contributed by atoms with Crippen LogP contribution < -0.4 is 5.32 Å². The molecule has 0 saturated heterocycles. The highest BCUT2D eigenvalue weighted by atomic mass is 79.9. The molecular weight excluding hydrogens is 358 g/mol. The lowest BCUT2D eigenvalue weighted by Crippen LogP contribution is -2.59. The van der Waals surface area contributed by atoms with Crippen LogP contribution in [0.2, 0.25) is 0 Å². The number of halogens is 1. The largest absolute Gasteiger partial charge is 0.479 e. The summed E-state index contributed by atoms with van der Waals surface area (Å²) in [6.07, 6.45) is -0.882. The number of hydrogen-bond donors (Lipinski definition) is 3. The topological polar surface area (TPSA) is 121 Å². The van der Waals surface area contributed by atoms with Gasteiger partial charge in [0.25, 0.3) is 0 Å². The van der Waals surface area contributed by atoms with Crippen molar-refractivity contribution in [1.29, 1.82) is 0 Å². The molecule has 0 aliphatic rings. The van der Waals surface area contributed by atoms with Gasteiger partial charge in [-0.1, -0.05) is 28.1 Å². The second kappa shape index (κ2) is 7.17. The molecule has 0 spiro atoms. The van der Waals surface area contributed by atoms with Crippen molar-refractivity contribution < 1.29 is 29.4 Å². The molecule has 1 rings (SSSR count). The minimum atomic E-state index is -2.52. The Balaban J connectivity index is 2.93. The molecule has 0 radical (unpaired) electrons. The normalized spacial score (nSPS) is 10.8. The number of hydrogen-bond acceptors (Lipinski definition) is 4. The predicted molar refractivity (Wildman–Crippen MR) is 79.5 cm³/mol. The highest BCUT2D eigenvalue weighted by molar-refractivity contribution is 9.10. The maximum atomic E-state index is 12.0. The predicted octanol–water partition coefficient (Wildman–Crippen LogP) is 1.46. The van der Waals surface area contributed by atoms with Gasteiger partial charge < -0.3 is 15.5 Å². The number of carbonyl (C=O) groups is 4. The Morgan fingerprint density at radius 3 is 2.00 bits per heavy atom. The molecule has 0 unspecified atom stereocenters. The molecule has 1 aromatic rings. The summed E-state index contributed by atoms with van der Waals surface area (Å²) in [6, 6.07) is 6.35. The average Bonchev–Trinajstić information content (AvgIpc) is 2.42. The third-order valence-electron chi connectivity index (χ3n) is 3.01. The molecule has 0 aliphatic heterocycles. The highest BCUT2D eigenvalue weighted by Gasteiger charge is 2.47. The fourth-order valence-electron chi connectivity index (χ4n) is 1.86. The van der Waals surface area contributed by atoms with E-state index in [9.17, 15) is 19.2 Å². The average molecular weight is 372 g/mol. The SMILES string of the molecule is CC(=O)NC(CCC(=O)c1ccc(Br)cc1)(C(=O)O)C(=O)O. The maximum absolute atomic E-state index is 12.0. The van der Waals surface area contributed by atoms with Crippen LogP contribution in [0.5, 0.6) is 0 Å². The summed E-state index contributed by atoms with van der Waals surface area (Å²) >= 11 is 3.22. The van der Waals surface area contributed by atoms with E-state index in [-0.39, 0.29) is 6.42 Å². The number of rotatable bonds is 7. The van der Waals surface area contributed by atoms with Gasteiger partial charge >= 0.3 is 11.9 Å². The third kappa shape index (κ3) is 4.14. The number of carbonyl (C=O) groups excluding carboxylic acids is 2. The number of ketones is 1. The summed E-state index contributed by atoms with van der Waals surface area (Å²) in [5.41, 5.74) is -2.19. The van der Waals surface area contributed by atoms with E-state index in [1.807, 2.05) is 5.32 Å². The first-order valence-corrected chi connectivity index (χ1v) is 7.02. The van der Waals surface area contributed by atoms with Gasteiger partial charge in [0.05, 0.1) is 0 Å². The van der Waals surface area contributed by atoms with Crippen LogP contribution in [-0.2, 0) is 14.4 Å². The van der Waals surface area contributed by atoms with Gasteiger partial charge in [-0.25, -0.2) is 9.59 Å². The molecule has 0 aliphatic carbocycles. The van der Waals surface area contributed by atoms with Crippen molar-refractivity contribution in [2.45, 2.75) is 25.3 Å². The van der Waals surface area contributed by atoms with Crippen LogP contribution in [0.25, 0.3) is 0 Å². The van der Waals surface area contributed by atoms with Crippen molar-refractivity contribution in [3.05, 3.63) is 34.3 Å². The number of nitrogens with one attached hydrogen (secondary N) is 1. The van der Waals surface area contributed by atoms with Crippen molar-refractivity contribution in [2.75, 3.05) is 0 Å². The van der Waals surface area contributed by atoms with E-state index < -0.39 is 35.6 Å². The van der Waals surface area contributed by atoms with E-state index >= 15 is 0 Å². The molecular formula is C14H14BrNO6. The Morgan fingerprint density at radius 2 is 1.59 bits per heavy atom. The second-order valence-electron chi connectivity index (χ2n) is 4.63. The molecule has 0 bridgehead atoms. The second-order valence-corrected chi connectivity index (χ2v) is 5.54. The molecule has 0 saturated carbocycles. The lowest BCUT2D eigenvalue weighted by atomic mass is 9.91. The van der Waals surface area contributed by atoms with Crippen molar-refractivity contribution in [3.63, 3.8) is 0 Å². The molecule has 0 atom stereocenters. The van der Waals surface area contributed by atoms with Crippen LogP contribution in [0.1, 0.15) is 30.1 Å². The molecule has 0 heterocycles. The zero-order valence-electron chi connectivity index (χ0n) is 11.6. The standard InChI is InChI=1S/C14H14BrNO6/c1-8(17)16-14(12(19)20,13(21)22)7-6-11(18)9-2-4-10(15)5-3-9/h2-5H,6-7H2,1H3,(H,16,17)(H,19,20)(H,21,22). The van der Waals surface area contributed by atoms with E-state index in [2.05, 4.69) is 15.9 Å². The lowest BCUT2D eigenvalue weighted by Gasteiger charge is -2.25. The van der Waals surface area contributed by atoms with Gasteiger partial charge in [0, 0.05) is 23.4 Å². The Kier molecular flexibility index (Phi) is 5.81. The first kappa shape index (κ1) is 17.8. The maximum Gasteiger partial charge on any atom is 0.341 e. The summed E-state index contributed by atoms with van der Waals surface area (Å²) < 4.78 is 0.771. The van der Waals surface area contributed by atoms with Crippen LogP contribution in [-0.4, -0.2) is 39.4 Å². The minimum Gasteiger partial charge on any atom is -0.479 e. The monoisotopic (exact) mass is 371 g/mol. The van der Waals surface area contributed by atoms with Crippen LogP contribution in [0.15, 0.2) is 28.7 Å². The molecule has 1 amide bonds. The van der Waals surface area contributed by atoms with Crippen molar-refractivity contribution in [2.24, 2.45) is 0 Å². The molecule has 1 aromatic carbocycles. The summed E-state index contributed by atoms with van der Waals surface area (Å²) in [5.74, 6) is -4.66. The Morgan fingerprint density at radius 1 is 1.09 bits per heavy atom. The summed E-state index contributed by atoms with van der Waals surface area (Å²) in [4.78, 5) is 45.7. The van der Waals surface area contributed by atoms with Gasteiger partial charge in [0.15, 0.2) is 5.78 Å². The van der Waals surface area contributed by atoms with Gasteiger partial charge in [0.1, 0.15) is 0 Å². The zero-order chi connectivity index (χ0) is 16.9. The van der Waals surface area contributed by atoms with Crippen molar-refractivity contribution >= 4 is 39.6 Å². The number of benzene rings is 1. The van der Waals surface area contributed by atoms with Gasteiger partial charge in [0.2, 0.25) is 11.4 Å². The van der Waals surface area contributed by atoms with Crippen molar-refractivity contribution in [3.8, 4) is 0 Å². The smallest absolute Gasteiger partial charge is 0.341 e. The molecule has 22 heavy (non-hydrogen) atoms. The van der Waals surface area contributed by atoms with E-state index in [1.54, 1.807) is 12.1 Å². The highest BCUT2D eigenvalue weighted by Crippen LogP contribution is 2.18. The molecule has 0 aromatic heterocycles. The third-order valence-corrected chi connectivity index (χ3v) is 3.54. The van der Waals surface area contributed by atoms with Gasteiger partial charge in [-0.2, -0.15) is 0 Å². The number of carboxylic acid groups (broad SMARTS) is 2. The number of amides is 1. The van der Waals surface area contributed by atoms with E-state index in [4.69, 9.17) is 10.2 Å². The fourth-order valence-corrected chi connectivity index (χ4v) is 2.12. The van der Waals surface area contributed by atoms with Crippen molar-refractivity contribution in [1.82, 2.24) is 5.32 Å². The number of Topliss-reactive ketones (excluding diaryl/α,β-unsaturated/α-hetero) is 1. The Bertz CT molecular complexity index is 596. The van der Waals surface area contributed by atoms with Crippen LogP contribution in [0.4, 0.5) is 0 Å². The molecule has 0 fully saturated rings. The first-order valence-electron chi connectivity index (χ1n) is 6.23. The minimum absolute atomic E-state index is 0.329. The molecule has 3 N–H and O–H groups in total. The quantitative estimate of drug-likeness (QED) is 0.492. The van der Waals surface area contributed by atoms with Crippen LogP contribution in [0.3, 0.4) is 0 Å².